The minimum atomic E-state index is -0.178. The van der Waals surface area contributed by atoms with Crippen LogP contribution in [0.1, 0.15) is 76.8 Å². The van der Waals surface area contributed by atoms with Crippen LogP contribution in [-0.2, 0) is 0 Å². The van der Waals surface area contributed by atoms with E-state index in [-0.39, 0.29) is 17.4 Å². The number of hydrogen-bond acceptors (Lipinski definition) is 16. The highest BCUT2D eigenvalue weighted by atomic mass is 79.9. The monoisotopic (exact) mass is 1960 g/mol. The van der Waals surface area contributed by atoms with E-state index < -0.39 is 0 Å². The number of carbonyl (C=O) groups is 5. The van der Waals surface area contributed by atoms with E-state index in [4.69, 9.17) is 126 Å². The first kappa shape index (κ1) is 117. The first-order chi connectivity index (χ1) is 64.6. The number of aryl methyl sites for hydroxylation is 1. The highest BCUT2D eigenvalue weighted by molar-refractivity contribution is 9.10. The molecule has 0 unspecified atom stereocenters. The Morgan fingerprint density at radius 1 is 0.343 bits per heavy atom. The maximum absolute atomic E-state index is 11.9. The Labute approximate surface area is 819 Å². The maximum atomic E-state index is 11.9. The number of ether oxygens (including phenoxy) is 8. The van der Waals surface area contributed by atoms with Gasteiger partial charge in [0.05, 0.1) is 81.7 Å². The van der Waals surface area contributed by atoms with Crippen LogP contribution in [0.3, 0.4) is 0 Å². The average molecular weight is 1970 g/mol. The number of ketones is 2. The minimum Gasteiger partial charge on any atom is -0.498 e. The van der Waals surface area contributed by atoms with Crippen LogP contribution in [0.15, 0.2) is 393 Å². The third-order valence-corrected chi connectivity index (χ3v) is 17.7. The smallest absolute Gasteiger partial charge is 0.203 e. The van der Waals surface area contributed by atoms with Gasteiger partial charge in [0.1, 0.15) is 53.4 Å². The number of nitriles is 1. The molecule has 15 aromatic rings. The van der Waals surface area contributed by atoms with Crippen molar-refractivity contribution in [3.63, 3.8) is 0 Å². The van der Waals surface area contributed by atoms with Crippen molar-refractivity contribution < 1.29 is 66.3 Å². The normalized spacial score (nSPS) is 8.86. The molecule has 15 rings (SSSR count). The maximum Gasteiger partial charge on any atom is 0.203 e. The standard InChI is InChI=1S/C11H14O4.C9H10O2.C8H7NO.2C8H8O2.C7H7ClO.C7H7Cl.C7H6N2.C7H5N.C7H6O.C6H5Br.C6H4Cl2.C6H5Cl.C6H5F.C6H7N/c1-7(12)8-5-9(13-2)11(15-4)10(6-8)14-3;1-7(10)8-4-3-5-9(6-8)11-2;1-9-7-4-3-5-8(6-7)10-2;1-10-8-4-2-7(6-9)3-5-8;1-10-8-4-2-3-7(5-8)6-9;1-9-7-4-2-6(8)3-5-7;1-6-3-2-4-7(8)5-6;8-5-6-1-3-7(9)4-2-6;1-8-7-5-3-2-4-6-7;8-6-7-4-2-1-3-5-7;7-6-4-2-1-3-5-6;7-5-1-2-6(8)4-3-5;3*7-6-4-2-1-3-5-6/h5-6H,1-4H3;3-6H,1-2H3;3-6H,2H3;2*2-6H,1H3;2-5H,1H3;2-5H,1H3;1-4H,9H2;2-6H;1-6H;1-5H;1-4H;2*1-5H;1-5H,7H2. The molecule has 0 saturated heterocycles. The second-order valence-corrected chi connectivity index (χ2v) is 28.9. The van der Waals surface area contributed by atoms with Crippen LogP contribution in [0.4, 0.5) is 27.1 Å². The van der Waals surface area contributed by atoms with Gasteiger partial charge in [0.25, 0.3) is 0 Å². The zero-order chi connectivity index (χ0) is 99.3. The predicted molar refractivity (Wildman–Crippen MR) is 549 cm³/mol. The number of anilines is 2. The van der Waals surface area contributed by atoms with E-state index in [1.165, 1.54) is 52.9 Å². The number of para-hydroxylation sites is 2. The Morgan fingerprint density at radius 3 is 1.01 bits per heavy atom. The minimum absolute atomic E-state index is 0.0470. The number of nitrogens with zero attached hydrogens (tertiary/aromatic N) is 3. The summed E-state index contributed by atoms with van der Waals surface area (Å²) in [6.07, 6.45) is 2.43. The van der Waals surface area contributed by atoms with Gasteiger partial charge in [0.2, 0.25) is 5.75 Å². The van der Waals surface area contributed by atoms with E-state index in [9.17, 15) is 28.4 Å². The van der Waals surface area contributed by atoms with Gasteiger partial charge in [-0.1, -0.05) is 256 Å². The number of methoxy groups -OCH3 is 8. The number of nitrogens with two attached hydrogens (primary N) is 2. The highest BCUT2D eigenvalue weighted by Crippen LogP contribution is 2.38. The molecule has 0 heterocycles. The number of benzene rings is 15. The number of rotatable bonds is 13. The predicted octanol–water partition coefficient (Wildman–Crippen LogP) is 29.8. The summed E-state index contributed by atoms with van der Waals surface area (Å²) in [5, 5.41) is 12.1. The summed E-state index contributed by atoms with van der Waals surface area (Å²) in [5.41, 5.74) is 18.7. The van der Waals surface area contributed by atoms with Crippen molar-refractivity contribution in [1.82, 2.24) is 0 Å². The number of carbonyl (C=O) groups excluding carboxylic acids is 5. The summed E-state index contributed by atoms with van der Waals surface area (Å²) in [7, 11) is 12.5. The molecule has 18 nitrogen and oxygen atoms in total. The summed E-state index contributed by atoms with van der Waals surface area (Å²) in [6, 6.07) is 117. The van der Waals surface area contributed by atoms with Crippen molar-refractivity contribution >= 4 is 127 Å². The molecular weight excluding hydrogens is 1860 g/mol. The molecule has 15 aromatic carbocycles. The fourth-order valence-electron chi connectivity index (χ4n) is 9.10. The van der Waals surface area contributed by atoms with Gasteiger partial charge in [0.15, 0.2) is 34.4 Å². The van der Waals surface area contributed by atoms with Crippen LogP contribution in [0.25, 0.3) is 9.69 Å². The van der Waals surface area contributed by atoms with Gasteiger partial charge in [-0.05, 0) is 233 Å². The first-order valence-electron chi connectivity index (χ1n) is 39.8. The van der Waals surface area contributed by atoms with Crippen molar-refractivity contribution in [2.24, 2.45) is 0 Å². The van der Waals surface area contributed by atoms with Crippen LogP contribution in [-0.4, -0.2) is 87.3 Å². The lowest BCUT2D eigenvalue weighted by Crippen LogP contribution is -1.99. The van der Waals surface area contributed by atoms with Gasteiger partial charge in [-0.15, -0.1) is 0 Å². The molecule has 25 heteroatoms. The van der Waals surface area contributed by atoms with Gasteiger partial charge in [-0.2, -0.15) is 5.26 Å². The average Bonchev–Trinajstić information content (AvgIpc) is 0.822. The Balaban J connectivity index is 0.000000721. The van der Waals surface area contributed by atoms with Crippen LogP contribution in [0, 0.1) is 37.2 Å². The van der Waals surface area contributed by atoms with Crippen molar-refractivity contribution in [2.75, 3.05) is 68.3 Å². The third-order valence-electron chi connectivity index (χ3n) is 15.9. The van der Waals surface area contributed by atoms with Crippen molar-refractivity contribution in [2.45, 2.75) is 20.8 Å². The topological polar surface area (TPSA) is 244 Å². The Kier molecular flexibility index (Phi) is 65.2. The Morgan fingerprint density at radius 2 is 0.687 bits per heavy atom. The number of hydrogen-bond donors (Lipinski definition) is 2. The van der Waals surface area contributed by atoms with Crippen LogP contribution >= 0.6 is 73.9 Å². The molecule has 0 aromatic heterocycles. The molecule has 0 aliphatic heterocycles. The second-order valence-electron chi connectivity index (χ2n) is 25.8. The van der Waals surface area contributed by atoms with Gasteiger partial charge >= 0.3 is 0 Å². The van der Waals surface area contributed by atoms with Gasteiger partial charge < -0.3 is 49.4 Å². The van der Waals surface area contributed by atoms with E-state index in [0.29, 0.717) is 67.9 Å². The van der Waals surface area contributed by atoms with Crippen LogP contribution in [0.2, 0.25) is 25.1 Å². The number of nitrogen functional groups attached to an aromatic ring is 2. The zero-order valence-electron chi connectivity index (χ0n) is 75.6. The largest absolute Gasteiger partial charge is 0.498 e. The molecule has 0 amide bonds. The molecule has 0 atom stereocenters. The lowest BCUT2D eigenvalue weighted by atomic mass is 10.1. The molecule has 692 valence electrons. The molecule has 0 saturated carbocycles. The second kappa shape index (κ2) is 74.7. The SMILES string of the molecule is Brc1ccccc1.COc1cc(C(C)=O)cc(OC)c1OC.COc1ccc(C=O)cc1.COc1ccc(Cl)cc1.COc1cccc(C(C)=O)c1.COc1cccc(C=O)c1.Cc1cccc(Cl)c1.Clc1ccc(Cl)cc1.Clc1ccccc1.Fc1ccccc1.N#Cc1ccc(N)cc1.Nc1ccccc1.O=Cc1ccccc1.[C-]#[N+]c1cccc(OC)c1.[C-]#[N+]c1ccccc1. The van der Waals surface area contributed by atoms with E-state index in [2.05, 4.69) is 25.6 Å². The van der Waals surface area contributed by atoms with Gasteiger partial charge in [0, 0.05) is 68.8 Å². The highest BCUT2D eigenvalue weighted by Gasteiger charge is 2.15. The summed E-state index contributed by atoms with van der Waals surface area (Å²) >= 11 is 31.2. The molecule has 0 aliphatic rings. The van der Waals surface area contributed by atoms with E-state index in [1.54, 1.807) is 236 Å². The summed E-state index contributed by atoms with van der Waals surface area (Å²) in [5.74, 6) is 5.07. The molecular formula is C109H104BrCl5FN5O13. The quantitative estimate of drug-likeness (QED) is 0.0472. The Hall–Kier alpha value is -15.0. The lowest BCUT2D eigenvalue weighted by molar-refractivity contribution is 0.100. The number of Topliss-reactive ketones (excluding diaryl/α,β-unsaturated/α-hetero) is 2. The van der Waals surface area contributed by atoms with Crippen molar-refractivity contribution in [3.05, 3.63) is 485 Å². The summed E-state index contributed by atoms with van der Waals surface area (Å²) in [4.78, 5) is 58.9. The molecule has 4 N–H and O–H groups in total. The van der Waals surface area contributed by atoms with E-state index in [0.717, 1.165) is 82.7 Å². The van der Waals surface area contributed by atoms with Crippen LogP contribution < -0.4 is 49.4 Å². The van der Waals surface area contributed by atoms with Crippen LogP contribution in [0.5, 0.6) is 46.0 Å². The first-order valence-corrected chi connectivity index (χ1v) is 42.5. The van der Waals surface area contributed by atoms with E-state index >= 15 is 0 Å². The van der Waals surface area contributed by atoms with Crippen molar-refractivity contribution in [1.29, 1.82) is 5.26 Å². The molecule has 0 spiro atoms. The molecule has 0 radical (unpaired) electrons. The lowest BCUT2D eigenvalue weighted by Gasteiger charge is -2.12. The fraction of sp³-hybridized carbons (Fsp3) is 0.101. The Bertz CT molecular complexity index is 5630. The molecule has 134 heavy (non-hydrogen) atoms. The molecule has 0 bridgehead atoms. The van der Waals surface area contributed by atoms with Crippen molar-refractivity contribution in [3.8, 4) is 52.1 Å². The number of halogens is 7. The molecule has 0 fully saturated rings. The zero-order valence-corrected chi connectivity index (χ0v) is 81.0. The third kappa shape index (κ3) is 57.8. The molecule has 0 aliphatic carbocycles. The van der Waals surface area contributed by atoms with Gasteiger partial charge in [-0.25, -0.2) is 14.1 Å². The van der Waals surface area contributed by atoms with Gasteiger partial charge in [-0.3, -0.25) is 24.0 Å². The fourth-order valence-corrected chi connectivity index (χ4v) is 10.2. The number of aldehydes is 3. The van der Waals surface area contributed by atoms with E-state index in [1.807, 2.05) is 189 Å². The summed E-state index contributed by atoms with van der Waals surface area (Å²) in [6.45, 7) is 18.3. The summed E-state index contributed by atoms with van der Waals surface area (Å²) < 4.78 is 53.0.